The lowest BCUT2D eigenvalue weighted by Gasteiger charge is -2.34. The molecule has 0 saturated carbocycles. The monoisotopic (exact) mass is 492 g/mol. The largest absolute Gasteiger partial charge is 0.416 e. The van der Waals surface area contributed by atoms with E-state index in [1.54, 1.807) is 0 Å². The van der Waals surface area contributed by atoms with E-state index >= 15 is 0 Å². The second kappa shape index (κ2) is 9.78. The van der Waals surface area contributed by atoms with Gasteiger partial charge < -0.3 is 15.1 Å². The number of aromatic nitrogens is 1. The number of nitrogens with one attached hydrogen (secondary N) is 1. The molecule has 0 bridgehead atoms. The maximum absolute atomic E-state index is 12.7. The van der Waals surface area contributed by atoms with Crippen molar-refractivity contribution in [1.29, 1.82) is 0 Å². The van der Waals surface area contributed by atoms with E-state index in [4.69, 9.17) is 4.98 Å². The second-order valence-electron chi connectivity index (χ2n) is 9.27. The number of carbonyl (C=O) groups is 1. The number of fused-ring (bicyclic) bond motifs is 1. The number of carbonyl (C=O) groups excluding carboxylic acids is 1. The summed E-state index contributed by atoms with van der Waals surface area (Å²) in [5.41, 5.74) is 5.37. The summed E-state index contributed by atoms with van der Waals surface area (Å²) in [6.45, 7) is 4.16. The Morgan fingerprint density at radius 2 is 1.64 bits per heavy atom. The number of anilines is 1. The van der Waals surface area contributed by atoms with Crippen LogP contribution in [-0.2, 0) is 23.8 Å². The molecule has 1 N–H and O–H groups in total. The van der Waals surface area contributed by atoms with Crippen molar-refractivity contribution >= 4 is 17.3 Å². The predicted octanol–water partition coefficient (Wildman–Crippen LogP) is 4.78. The SMILES string of the molecule is CN1CCN(c2ccc(-c3ccc4c(n3)CC=C4NC(=O)Cc3ccc(C(F)(F)F)cc3)cc2)CC1. The summed E-state index contributed by atoms with van der Waals surface area (Å²) in [5, 5.41) is 2.89. The molecule has 0 atom stereocenters. The van der Waals surface area contributed by atoms with Crippen LogP contribution in [0.4, 0.5) is 18.9 Å². The molecule has 36 heavy (non-hydrogen) atoms. The van der Waals surface area contributed by atoms with Crippen LogP contribution in [-0.4, -0.2) is 49.0 Å². The number of hydrogen-bond donors (Lipinski definition) is 1. The number of likely N-dealkylation sites (N-methyl/N-ethyl adjacent to an activating group) is 1. The van der Waals surface area contributed by atoms with Crippen LogP contribution in [0.2, 0.25) is 0 Å². The number of hydrogen-bond acceptors (Lipinski definition) is 4. The molecule has 8 heteroatoms. The average molecular weight is 493 g/mol. The van der Waals surface area contributed by atoms with E-state index in [1.165, 1.54) is 17.8 Å². The molecule has 186 valence electrons. The van der Waals surface area contributed by atoms with Gasteiger partial charge in [-0.3, -0.25) is 9.78 Å². The number of amides is 1. The first kappa shape index (κ1) is 24.1. The summed E-state index contributed by atoms with van der Waals surface area (Å²) in [6.07, 6.45) is -1.87. The molecule has 1 aliphatic heterocycles. The van der Waals surface area contributed by atoms with Crippen molar-refractivity contribution in [3.8, 4) is 11.3 Å². The van der Waals surface area contributed by atoms with Crippen LogP contribution in [0.5, 0.6) is 0 Å². The van der Waals surface area contributed by atoms with E-state index in [0.717, 1.165) is 60.8 Å². The third-order valence-corrected chi connectivity index (χ3v) is 6.72. The smallest absolute Gasteiger partial charge is 0.369 e. The van der Waals surface area contributed by atoms with Gasteiger partial charge >= 0.3 is 6.18 Å². The minimum Gasteiger partial charge on any atom is -0.369 e. The van der Waals surface area contributed by atoms with Gasteiger partial charge in [-0.05, 0) is 49.0 Å². The fraction of sp³-hybridized carbons (Fsp3) is 0.286. The van der Waals surface area contributed by atoms with E-state index in [-0.39, 0.29) is 12.3 Å². The Morgan fingerprint density at radius 1 is 0.944 bits per heavy atom. The van der Waals surface area contributed by atoms with Crippen LogP contribution < -0.4 is 10.2 Å². The standard InChI is InChI=1S/C28H27F3N4O/c1-34-14-16-35(17-15-34)22-8-4-20(5-9-22)24-11-10-23-25(32-24)12-13-26(23)33-27(36)18-19-2-6-21(7-3-19)28(29,30)31/h2-11,13H,12,14-18H2,1H3,(H,33,36). The van der Waals surface area contributed by atoms with Crippen molar-refractivity contribution in [1.82, 2.24) is 15.2 Å². The highest BCUT2D eigenvalue weighted by Crippen LogP contribution is 2.30. The molecule has 5 rings (SSSR count). The third-order valence-electron chi connectivity index (χ3n) is 6.72. The minimum absolute atomic E-state index is 0.00399. The van der Waals surface area contributed by atoms with Crippen LogP contribution in [0.1, 0.15) is 22.4 Å². The highest BCUT2D eigenvalue weighted by atomic mass is 19.4. The predicted molar refractivity (Wildman–Crippen MR) is 134 cm³/mol. The molecule has 1 aromatic heterocycles. The summed E-state index contributed by atoms with van der Waals surface area (Å²) in [6, 6.07) is 17.0. The summed E-state index contributed by atoms with van der Waals surface area (Å²) < 4.78 is 38.2. The summed E-state index contributed by atoms with van der Waals surface area (Å²) in [5.74, 6) is -0.280. The molecule has 2 aliphatic rings. The van der Waals surface area contributed by atoms with E-state index in [0.29, 0.717) is 17.7 Å². The molecular formula is C28H27F3N4O. The molecule has 1 aliphatic carbocycles. The van der Waals surface area contributed by atoms with Gasteiger partial charge in [0.15, 0.2) is 0 Å². The number of benzene rings is 2. The van der Waals surface area contributed by atoms with Crippen molar-refractivity contribution in [2.24, 2.45) is 0 Å². The lowest BCUT2D eigenvalue weighted by molar-refractivity contribution is -0.137. The molecule has 1 saturated heterocycles. The Labute approximate surface area is 208 Å². The zero-order chi connectivity index (χ0) is 25.3. The first-order chi connectivity index (χ1) is 17.3. The van der Waals surface area contributed by atoms with Gasteiger partial charge in [0.2, 0.25) is 5.91 Å². The lowest BCUT2D eigenvalue weighted by Crippen LogP contribution is -2.44. The van der Waals surface area contributed by atoms with Gasteiger partial charge in [-0.2, -0.15) is 13.2 Å². The number of nitrogens with zero attached hydrogens (tertiary/aromatic N) is 3. The average Bonchev–Trinajstić information content (AvgIpc) is 3.26. The Hall–Kier alpha value is -3.65. The van der Waals surface area contributed by atoms with E-state index in [1.807, 2.05) is 18.2 Å². The van der Waals surface area contributed by atoms with Crippen molar-refractivity contribution in [2.45, 2.75) is 19.0 Å². The topological polar surface area (TPSA) is 48.5 Å². The molecule has 0 radical (unpaired) electrons. The third kappa shape index (κ3) is 5.28. The fourth-order valence-corrected chi connectivity index (χ4v) is 4.59. The van der Waals surface area contributed by atoms with Gasteiger partial charge in [0.05, 0.1) is 23.4 Å². The summed E-state index contributed by atoms with van der Waals surface area (Å²) >= 11 is 0. The Balaban J connectivity index is 1.22. The number of rotatable bonds is 5. The number of halogens is 3. The van der Waals surface area contributed by atoms with Crippen LogP contribution in [0.3, 0.4) is 0 Å². The van der Waals surface area contributed by atoms with Crippen molar-refractivity contribution < 1.29 is 18.0 Å². The van der Waals surface area contributed by atoms with Gasteiger partial charge in [-0.1, -0.05) is 30.3 Å². The van der Waals surface area contributed by atoms with Crippen molar-refractivity contribution in [2.75, 3.05) is 38.1 Å². The zero-order valence-electron chi connectivity index (χ0n) is 20.0. The van der Waals surface area contributed by atoms with Crippen LogP contribution in [0, 0.1) is 0 Å². The Kier molecular flexibility index (Phi) is 6.53. The van der Waals surface area contributed by atoms with Crippen LogP contribution >= 0.6 is 0 Å². The first-order valence-electron chi connectivity index (χ1n) is 12.0. The molecule has 0 unspecified atom stereocenters. The van der Waals surface area contributed by atoms with Gasteiger partial charge in [0, 0.05) is 55.1 Å². The molecule has 3 aromatic rings. The highest BCUT2D eigenvalue weighted by molar-refractivity contribution is 5.89. The van der Waals surface area contributed by atoms with Crippen LogP contribution in [0.15, 0.2) is 66.7 Å². The van der Waals surface area contributed by atoms with Crippen molar-refractivity contribution in [3.05, 3.63) is 89.1 Å². The maximum Gasteiger partial charge on any atom is 0.416 e. The fourth-order valence-electron chi connectivity index (χ4n) is 4.59. The zero-order valence-corrected chi connectivity index (χ0v) is 20.0. The van der Waals surface area contributed by atoms with Crippen LogP contribution in [0.25, 0.3) is 17.0 Å². The number of pyridine rings is 1. The molecule has 1 fully saturated rings. The molecule has 2 aromatic carbocycles. The maximum atomic E-state index is 12.7. The van der Waals surface area contributed by atoms with E-state index in [2.05, 4.69) is 46.4 Å². The summed E-state index contributed by atoms with van der Waals surface area (Å²) in [7, 11) is 2.14. The Morgan fingerprint density at radius 3 is 2.31 bits per heavy atom. The first-order valence-corrected chi connectivity index (χ1v) is 12.0. The van der Waals surface area contributed by atoms with Gasteiger partial charge in [0.25, 0.3) is 0 Å². The molecular weight excluding hydrogens is 465 g/mol. The van der Waals surface area contributed by atoms with E-state index < -0.39 is 11.7 Å². The number of alkyl halides is 3. The summed E-state index contributed by atoms with van der Waals surface area (Å²) in [4.78, 5) is 22.1. The van der Waals surface area contributed by atoms with Gasteiger partial charge in [-0.15, -0.1) is 0 Å². The molecule has 1 amide bonds. The van der Waals surface area contributed by atoms with E-state index in [9.17, 15) is 18.0 Å². The second-order valence-corrected chi connectivity index (χ2v) is 9.27. The molecule has 5 nitrogen and oxygen atoms in total. The number of piperazine rings is 1. The van der Waals surface area contributed by atoms with Gasteiger partial charge in [0.1, 0.15) is 0 Å². The lowest BCUT2D eigenvalue weighted by atomic mass is 10.1. The van der Waals surface area contributed by atoms with Crippen molar-refractivity contribution in [3.63, 3.8) is 0 Å². The Bertz CT molecular complexity index is 1280. The minimum atomic E-state index is -4.39. The quantitative estimate of drug-likeness (QED) is 0.557. The molecule has 0 spiro atoms. The normalized spacial score (nSPS) is 16.0. The number of allylic oxidation sites excluding steroid dienone is 1. The molecule has 2 heterocycles. The van der Waals surface area contributed by atoms with Gasteiger partial charge in [-0.25, -0.2) is 0 Å². The highest BCUT2D eigenvalue weighted by Gasteiger charge is 2.30.